The lowest BCUT2D eigenvalue weighted by Gasteiger charge is -2.19. The molecule has 5 heteroatoms. The molecule has 0 radical (unpaired) electrons. The van der Waals surface area contributed by atoms with E-state index in [4.69, 9.17) is 9.47 Å². The molecule has 114 valence electrons. The number of hydrogen-bond donors (Lipinski definition) is 2. The van der Waals surface area contributed by atoms with Gasteiger partial charge in [-0.25, -0.2) is 0 Å². The molecule has 1 amide bonds. The van der Waals surface area contributed by atoms with Crippen molar-refractivity contribution < 1.29 is 14.3 Å². The van der Waals surface area contributed by atoms with Gasteiger partial charge in [0.15, 0.2) is 0 Å². The molecular formula is C16H22N2O3. The summed E-state index contributed by atoms with van der Waals surface area (Å²) in [6.07, 6.45) is 3.82. The lowest BCUT2D eigenvalue weighted by Crippen LogP contribution is -2.41. The fraction of sp³-hybridized carbons (Fsp3) is 0.562. The van der Waals surface area contributed by atoms with Gasteiger partial charge in [0.05, 0.1) is 19.8 Å². The Kier molecular flexibility index (Phi) is 4.41. The van der Waals surface area contributed by atoms with Crippen molar-refractivity contribution in [2.75, 3.05) is 25.6 Å². The van der Waals surface area contributed by atoms with Crippen molar-refractivity contribution in [3.8, 4) is 5.75 Å². The molecule has 1 aromatic carbocycles. The van der Waals surface area contributed by atoms with E-state index in [2.05, 4.69) is 10.6 Å². The third-order valence-corrected chi connectivity index (χ3v) is 4.10. The summed E-state index contributed by atoms with van der Waals surface area (Å²) in [5.74, 6) is 1.40. The second-order valence-corrected chi connectivity index (χ2v) is 5.73. The summed E-state index contributed by atoms with van der Waals surface area (Å²) < 4.78 is 10.9. The molecule has 3 rings (SSSR count). The van der Waals surface area contributed by atoms with Crippen LogP contribution in [-0.2, 0) is 9.53 Å². The van der Waals surface area contributed by atoms with E-state index in [1.807, 2.05) is 24.3 Å². The third-order valence-electron chi connectivity index (χ3n) is 4.10. The summed E-state index contributed by atoms with van der Waals surface area (Å²) >= 11 is 0. The Morgan fingerprint density at radius 3 is 3.00 bits per heavy atom. The third kappa shape index (κ3) is 3.74. The number of methoxy groups -OCH3 is 1. The number of nitrogens with one attached hydrogen (secondary N) is 2. The zero-order valence-corrected chi connectivity index (χ0v) is 12.3. The summed E-state index contributed by atoms with van der Waals surface area (Å²) in [6, 6.07) is 7.68. The predicted molar refractivity (Wildman–Crippen MR) is 80.5 cm³/mol. The molecule has 1 saturated carbocycles. The molecular weight excluding hydrogens is 268 g/mol. The quantitative estimate of drug-likeness (QED) is 0.838. The minimum atomic E-state index is -0.0373. The van der Waals surface area contributed by atoms with Gasteiger partial charge in [-0.05, 0) is 37.3 Å². The fourth-order valence-corrected chi connectivity index (χ4v) is 2.85. The van der Waals surface area contributed by atoms with Crippen LogP contribution in [0.3, 0.4) is 0 Å². The number of amides is 1. The van der Waals surface area contributed by atoms with Crippen molar-refractivity contribution in [2.24, 2.45) is 5.92 Å². The topological polar surface area (TPSA) is 59.6 Å². The Morgan fingerprint density at radius 2 is 2.24 bits per heavy atom. The first-order valence-electron chi connectivity index (χ1n) is 7.55. The SMILES string of the molecule is COc1cccc(NC(=O)CNC2CCOC2C2CC2)c1. The molecule has 21 heavy (non-hydrogen) atoms. The van der Waals surface area contributed by atoms with Gasteiger partial charge < -0.3 is 20.1 Å². The smallest absolute Gasteiger partial charge is 0.238 e. The van der Waals surface area contributed by atoms with Crippen molar-refractivity contribution >= 4 is 11.6 Å². The highest BCUT2D eigenvalue weighted by atomic mass is 16.5. The van der Waals surface area contributed by atoms with E-state index in [0.29, 0.717) is 24.6 Å². The minimum Gasteiger partial charge on any atom is -0.497 e. The maximum atomic E-state index is 12.0. The molecule has 0 bridgehead atoms. The highest BCUT2D eigenvalue weighted by molar-refractivity contribution is 5.92. The molecule has 2 atom stereocenters. The van der Waals surface area contributed by atoms with Gasteiger partial charge in [0.25, 0.3) is 0 Å². The van der Waals surface area contributed by atoms with Crippen LogP contribution in [-0.4, -0.2) is 38.3 Å². The summed E-state index contributed by atoms with van der Waals surface area (Å²) in [5, 5.41) is 6.21. The average Bonchev–Trinajstić information content (AvgIpc) is 3.24. The van der Waals surface area contributed by atoms with Gasteiger partial charge in [0, 0.05) is 24.4 Å². The molecule has 0 spiro atoms. The molecule has 1 aliphatic heterocycles. The molecule has 0 aromatic heterocycles. The van der Waals surface area contributed by atoms with Gasteiger partial charge >= 0.3 is 0 Å². The van der Waals surface area contributed by atoms with Gasteiger partial charge in [0.2, 0.25) is 5.91 Å². The summed E-state index contributed by atoms with van der Waals surface area (Å²) in [4.78, 5) is 12.0. The number of carbonyl (C=O) groups is 1. The first kappa shape index (κ1) is 14.4. The van der Waals surface area contributed by atoms with Crippen LogP contribution < -0.4 is 15.4 Å². The average molecular weight is 290 g/mol. The highest BCUT2D eigenvalue weighted by Crippen LogP contribution is 2.38. The summed E-state index contributed by atoms with van der Waals surface area (Å²) in [7, 11) is 1.61. The molecule has 1 aromatic rings. The van der Waals surface area contributed by atoms with Gasteiger partial charge in [0.1, 0.15) is 5.75 Å². The lowest BCUT2D eigenvalue weighted by atomic mass is 10.1. The number of rotatable bonds is 6. The molecule has 2 unspecified atom stereocenters. The number of ether oxygens (including phenoxy) is 2. The van der Waals surface area contributed by atoms with Crippen LogP contribution in [0.2, 0.25) is 0 Å². The Hall–Kier alpha value is -1.59. The van der Waals surface area contributed by atoms with E-state index >= 15 is 0 Å². The van der Waals surface area contributed by atoms with Crippen LogP contribution in [0.1, 0.15) is 19.3 Å². The zero-order chi connectivity index (χ0) is 14.7. The molecule has 1 saturated heterocycles. The highest BCUT2D eigenvalue weighted by Gasteiger charge is 2.40. The summed E-state index contributed by atoms with van der Waals surface area (Å²) in [6.45, 7) is 1.12. The number of benzene rings is 1. The molecule has 2 N–H and O–H groups in total. The number of anilines is 1. The predicted octanol–water partition coefficient (Wildman–Crippen LogP) is 1.79. The van der Waals surface area contributed by atoms with Crippen LogP contribution in [0.25, 0.3) is 0 Å². The fourth-order valence-electron chi connectivity index (χ4n) is 2.85. The van der Waals surface area contributed by atoms with Crippen molar-refractivity contribution in [2.45, 2.75) is 31.4 Å². The normalized spacial score (nSPS) is 24.8. The van der Waals surface area contributed by atoms with E-state index < -0.39 is 0 Å². The van der Waals surface area contributed by atoms with Gasteiger partial charge in [-0.2, -0.15) is 0 Å². The van der Waals surface area contributed by atoms with Gasteiger partial charge in [-0.1, -0.05) is 6.07 Å². The van der Waals surface area contributed by atoms with E-state index in [1.165, 1.54) is 12.8 Å². The Labute approximate surface area is 125 Å². The monoisotopic (exact) mass is 290 g/mol. The van der Waals surface area contributed by atoms with E-state index in [-0.39, 0.29) is 5.91 Å². The largest absolute Gasteiger partial charge is 0.497 e. The molecule has 1 aliphatic carbocycles. The van der Waals surface area contributed by atoms with Gasteiger partial charge in [-0.15, -0.1) is 0 Å². The van der Waals surface area contributed by atoms with Crippen molar-refractivity contribution in [3.05, 3.63) is 24.3 Å². The van der Waals surface area contributed by atoms with Crippen LogP contribution in [0.4, 0.5) is 5.69 Å². The minimum absolute atomic E-state index is 0.0373. The van der Waals surface area contributed by atoms with Crippen molar-refractivity contribution in [1.82, 2.24) is 5.32 Å². The molecule has 1 heterocycles. The van der Waals surface area contributed by atoms with Crippen molar-refractivity contribution in [1.29, 1.82) is 0 Å². The zero-order valence-electron chi connectivity index (χ0n) is 12.3. The first-order chi connectivity index (χ1) is 10.3. The van der Waals surface area contributed by atoms with Crippen LogP contribution >= 0.6 is 0 Å². The molecule has 5 nitrogen and oxygen atoms in total. The van der Waals surface area contributed by atoms with E-state index in [9.17, 15) is 4.79 Å². The van der Waals surface area contributed by atoms with E-state index in [1.54, 1.807) is 7.11 Å². The van der Waals surface area contributed by atoms with Gasteiger partial charge in [-0.3, -0.25) is 4.79 Å². The van der Waals surface area contributed by atoms with E-state index in [0.717, 1.165) is 24.5 Å². The second-order valence-electron chi connectivity index (χ2n) is 5.73. The number of hydrogen-bond acceptors (Lipinski definition) is 4. The summed E-state index contributed by atoms with van der Waals surface area (Å²) in [5.41, 5.74) is 0.752. The number of carbonyl (C=O) groups excluding carboxylic acids is 1. The maximum absolute atomic E-state index is 12.0. The standard InChI is InChI=1S/C16H22N2O3/c1-20-13-4-2-3-12(9-13)18-15(19)10-17-14-7-8-21-16(14)11-5-6-11/h2-4,9,11,14,16-17H,5-8,10H2,1H3,(H,18,19). The van der Waals surface area contributed by atoms with Crippen LogP contribution in [0.5, 0.6) is 5.75 Å². The Balaban J connectivity index is 1.47. The first-order valence-corrected chi connectivity index (χ1v) is 7.55. The molecule has 2 aliphatic rings. The van der Waals surface area contributed by atoms with Crippen LogP contribution in [0, 0.1) is 5.92 Å². The Morgan fingerprint density at radius 1 is 1.38 bits per heavy atom. The maximum Gasteiger partial charge on any atom is 0.238 e. The second kappa shape index (κ2) is 6.45. The molecule has 2 fully saturated rings. The van der Waals surface area contributed by atoms with Crippen LogP contribution in [0.15, 0.2) is 24.3 Å². The lowest BCUT2D eigenvalue weighted by molar-refractivity contribution is -0.115. The van der Waals surface area contributed by atoms with Crippen molar-refractivity contribution in [3.63, 3.8) is 0 Å². The Bertz CT molecular complexity index is 502.